The molecule has 4 nitrogen and oxygen atoms in total. The van der Waals surface area contributed by atoms with Gasteiger partial charge in [0, 0.05) is 27.9 Å². The first-order chi connectivity index (χ1) is 9.72. The molecule has 1 aromatic carbocycles. The number of carbonyl (C=O) groups excluding carboxylic acids is 1. The van der Waals surface area contributed by atoms with Crippen molar-refractivity contribution >= 4 is 34.3 Å². The topological polar surface area (TPSA) is 67.2 Å². The van der Waals surface area contributed by atoms with Gasteiger partial charge in [-0.15, -0.1) is 11.3 Å². The van der Waals surface area contributed by atoms with E-state index in [1.807, 2.05) is 35.7 Å². The SMILES string of the molecule is Nc1ccsc1CNc1ccc(NC(=O)C2CC2)cc1. The van der Waals surface area contributed by atoms with Gasteiger partial charge in [0.25, 0.3) is 0 Å². The smallest absolute Gasteiger partial charge is 0.227 e. The quantitative estimate of drug-likeness (QED) is 0.790. The molecule has 5 heteroatoms. The molecule has 0 spiro atoms. The first-order valence-electron chi connectivity index (χ1n) is 6.69. The lowest BCUT2D eigenvalue weighted by atomic mass is 10.2. The number of anilines is 3. The second kappa shape index (κ2) is 5.54. The van der Waals surface area contributed by atoms with Gasteiger partial charge >= 0.3 is 0 Å². The van der Waals surface area contributed by atoms with Gasteiger partial charge in [-0.1, -0.05) is 0 Å². The summed E-state index contributed by atoms with van der Waals surface area (Å²) in [6.45, 7) is 0.720. The minimum absolute atomic E-state index is 0.136. The highest BCUT2D eigenvalue weighted by molar-refractivity contribution is 7.10. The normalized spacial score (nSPS) is 14.0. The number of hydrogen-bond acceptors (Lipinski definition) is 4. The van der Waals surface area contributed by atoms with E-state index in [0.29, 0.717) is 0 Å². The van der Waals surface area contributed by atoms with E-state index in [1.165, 1.54) is 0 Å². The number of nitrogens with two attached hydrogens (primary N) is 1. The van der Waals surface area contributed by atoms with Crippen molar-refractivity contribution in [2.24, 2.45) is 5.92 Å². The molecular weight excluding hydrogens is 270 g/mol. The van der Waals surface area contributed by atoms with E-state index in [1.54, 1.807) is 11.3 Å². The molecule has 1 saturated carbocycles. The van der Waals surface area contributed by atoms with Crippen molar-refractivity contribution in [2.45, 2.75) is 19.4 Å². The van der Waals surface area contributed by atoms with Crippen molar-refractivity contribution in [1.82, 2.24) is 0 Å². The van der Waals surface area contributed by atoms with Crippen LogP contribution in [0.3, 0.4) is 0 Å². The van der Waals surface area contributed by atoms with Crippen molar-refractivity contribution < 1.29 is 4.79 Å². The molecule has 1 heterocycles. The molecule has 0 aliphatic heterocycles. The van der Waals surface area contributed by atoms with Crippen LogP contribution in [0.25, 0.3) is 0 Å². The number of amides is 1. The molecule has 104 valence electrons. The first kappa shape index (κ1) is 13.0. The van der Waals surface area contributed by atoms with Crippen LogP contribution in [-0.2, 0) is 11.3 Å². The number of nitrogens with one attached hydrogen (secondary N) is 2. The van der Waals surface area contributed by atoms with Gasteiger partial charge in [0.15, 0.2) is 0 Å². The standard InChI is InChI=1S/C15H17N3OS/c16-13-7-8-20-14(13)9-17-11-3-5-12(6-4-11)18-15(19)10-1-2-10/h3-8,10,17H,1-2,9,16H2,(H,18,19). The van der Waals surface area contributed by atoms with Crippen molar-refractivity contribution in [3.63, 3.8) is 0 Å². The van der Waals surface area contributed by atoms with E-state index in [0.717, 1.165) is 41.3 Å². The van der Waals surface area contributed by atoms with E-state index in [2.05, 4.69) is 10.6 Å². The molecule has 2 aromatic rings. The van der Waals surface area contributed by atoms with Crippen LogP contribution >= 0.6 is 11.3 Å². The predicted molar refractivity (Wildman–Crippen MR) is 83.9 cm³/mol. The average Bonchev–Trinajstić information content (AvgIpc) is 3.22. The van der Waals surface area contributed by atoms with Crippen molar-refractivity contribution in [3.05, 3.63) is 40.6 Å². The van der Waals surface area contributed by atoms with Crippen molar-refractivity contribution in [3.8, 4) is 0 Å². The Morgan fingerprint density at radius 1 is 1.20 bits per heavy atom. The molecular formula is C15H17N3OS. The zero-order chi connectivity index (χ0) is 13.9. The first-order valence-corrected chi connectivity index (χ1v) is 7.57. The highest BCUT2D eigenvalue weighted by Gasteiger charge is 2.29. The molecule has 3 rings (SSSR count). The molecule has 20 heavy (non-hydrogen) atoms. The third-order valence-corrected chi connectivity index (χ3v) is 4.27. The number of thiophene rings is 1. The number of rotatable bonds is 5. The number of hydrogen-bond donors (Lipinski definition) is 3. The van der Waals surface area contributed by atoms with Crippen molar-refractivity contribution in [1.29, 1.82) is 0 Å². The molecule has 1 fully saturated rings. The third-order valence-electron chi connectivity index (χ3n) is 3.33. The molecule has 0 atom stereocenters. The molecule has 1 aliphatic carbocycles. The Morgan fingerprint density at radius 3 is 2.50 bits per heavy atom. The Labute approximate surface area is 122 Å². The largest absolute Gasteiger partial charge is 0.398 e. The number of carbonyl (C=O) groups is 1. The predicted octanol–water partition coefficient (Wildman–Crippen LogP) is 3.29. The minimum Gasteiger partial charge on any atom is -0.398 e. The number of benzene rings is 1. The Balaban J connectivity index is 1.55. The second-order valence-electron chi connectivity index (χ2n) is 4.99. The fourth-order valence-electron chi connectivity index (χ4n) is 1.94. The van der Waals surface area contributed by atoms with Crippen LogP contribution in [0.15, 0.2) is 35.7 Å². The average molecular weight is 287 g/mol. The third kappa shape index (κ3) is 3.11. The Kier molecular flexibility index (Phi) is 3.60. The molecule has 4 N–H and O–H groups in total. The lowest BCUT2D eigenvalue weighted by molar-refractivity contribution is -0.117. The van der Waals surface area contributed by atoms with Gasteiger partial charge < -0.3 is 16.4 Å². The van der Waals surface area contributed by atoms with Gasteiger partial charge in [0.1, 0.15) is 0 Å². The fraction of sp³-hybridized carbons (Fsp3) is 0.267. The van der Waals surface area contributed by atoms with Gasteiger partial charge in [0.05, 0.1) is 6.54 Å². The van der Waals surface area contributed by atoms with Gasteiger partial charge in [-0.25, -0.2) is 0 Å². The highest BCUT2D eigenvalue weighted by Crippen LogP contribution is 2.30. The van der Waals surface area contributed by atoms with Crippen LogP contribution in [0.1, 0.15) is 17.7 Å². The molecule has 1 amide bonds. The molecule has 0 radical (unpaired) electrons. The zero-order valence-corrected chi connectivity index (χ0v) is 11.9. The van der Waals surface area contributed by atoms with Gasteiger partial charge in [-0.3, -0.25) is 4.79 Å². The Bertz CT molecular complexity index is 602. The Morgan fingerprint density at radius 2 is 1.90 bits per heavy atom. The summed E-state index contributed by atoms with van der Waals surface area (Å²) >= 11 is 1.65. The van der Waals surface area contributed by atoms with Crippen LogP contribution in [0.5, 0.6) is 0 Å². The lowest BCUT2D eigenvalue weighted by Gasteiger charge is -2.08. The Hall–Kier alpha value is -2.01. The summed E-state index contributed by atoms with van der Waals surface area (Å²) < 4.78 is 0. The zero-order valence-electron chi connectivity index (χ0n) is 11.1. The summed E-state index contributed by atoms with van der Waals surface area (Å²) in [6, 6.07) is 9.68. The summed E-state index contributed by atoms with van der Waals surface area (Å²) in [5, 5.41) is 8.24. The monoisotopic (exact) mass is 287 g/mol. The number of nitrogen functional groups attached to an aromatic ring is 1. The van der Waals surface area contributed by atoms with Crippen molar-refractivity contribution in [2.75, 3.05) is 16.4 Å². The summed E-state index contributed by atoms with van der Waals surface area (Å²) in [5.41, 5.74) is 8.54. The maximum absolute atomic E-state index is 11.6. The summed E-state index contributed by atoms with van der Waals surface area (Å²) in [4.78, 5) is 12.8. The van der Waals surface area contributed by atoms with Gasteiger partial charge in [-0.2, -0.15) is 0 Å². The molecule has 0 saturated heterocycles. The lowest BCUT2D eigenvalue weighted by Crippen LogP contribution is -2.13. The van der Waals surface area contributed by atoms with E-state index in [9.17, 15) is 4.79 Å². The maximum atomic E-state index is 11.6. The second-order valence-corrected chi connectivity index (χ2v) is 5.99. The van der Waals surface area contributed by atoms with Crippen LogP contribution in [-0.4, -0.2) is 5.91 Å². The maximum Gasteiger partial charge on any atom is 0.227 e. The van der Waals surface area contributed by atoms with E-state index in [4.69, 9.17) is 5.73 Å². The van der Waals surface area contributed by atoms with Gasteiger partial charge in [-0.05, 0) is 48.6 Å². The van der Waals surface area contributed by atoms with Crippen LogP contribution < -0.4 is 16.4 Å². The molecule has 1 aliphatic rings. The van der Waals surface area contributed by atoms with E-state index >= 15 is 0 Å². The van der Waals surface area contributed by atoms with Gasteiger partial charge in [0.2, 0.25) is 5.91 Å². The van der Waals surface area contributed by atoms with Crippen LogP contribution in [0, 0.1) is 5.92 Å². The highest BCUT2D eigenvalue weighted by atomic mass is 32.1. The van der Waals surface area contributed by atoms with Crippen LogP contribution in [0.4, 0.5) is 17.1 Å². The minimum atomic E-state index is 0.136. The summed E-state index contributed by atoms with van der Waals surface area (Å²) in [7, 11) is 0. The molecule has 1 aromatic heterocycles. The summed E-state index contributed by atoms with van der Waals surface area (Å²) in [5.74, 6) is 0.367. The fourth-order valence-corrected chi connectivity index (χ4v) is 2.68. The van der Waals surface area contributed by atoms with E-state index in [-0.39, 0.29) is 11.8 Å². The summed E-state index contributed by atoms with van der Waals surface area (Å²) in [6.07, 6.45) is 2.04. The molecule has 0 unspecified atom stereocenters. The molecule has 0 bridgehead atoms. The van der Waals surface area contributed by atoms with E-state index < -0.39 is 0 Å². The van der Waals surface area contributed by atoms with Crippen LogP contribution in [0.2, 0.25) is 0 Å².